The highest BCUT2D eigenvalue weighted by Crippen LogP contribution is 2.02. The number of ether oxygens (including phenoxy) is 1. The number of esters is 1. The van der Waals surface area contributed by atoms with Crippen LogP contribution < -0.4 is 10.6 Å². The van der Waals surface area contributed by atoms with Gasteiger partial charge in [-0.3, -0.25) is 14.4 Å². The molecule has 2 amide bonds. The molecule has 2 aromatic carbocycles. The Kier molecular flexibility index (Phi) is 7.86. The van der Waals surface area contributed by atoms with Crippen molar-refractivity contribution in [1.29, 1.82) is 0 Å². The van der Waals surface area contributed by atoms with Crippen LogP contribution in [0.15, 0.2) is 60.7 Å². The Morgan fingerprint density at radius 2 is 1.31 bits per heavy atom. The van der Waals surface area contributed by atoms with Gasteiger partial charge in [-0.25, -0.2) is 0 Å². The standard InChI is InChI=1S/C20H22N2O4/c23-18(12-11-16-7-3-1-4-8-16)21-13-19(24)22-14-20(25)26-15-17-9-5-2-6-10-17/h1-10H,11-15H2,(H,21,23)(H,22,24). The van der Waals surface area contributed by atoms with Crippen LogP contribution in [0.25, 0.3) is 0 Å². The van der Waals surface area contributed by atoms with Crippen molar-refractivity contribution >= 4 is 17.8 Å². The lowest BCUT2D eigenvalue weighted by Gasteiger charge is -2.08. The first-order valence-electron chi connectivity index (χ1n) is 8.40. The zero-order valence-electron chi connectivity index (χ0n) is 14.4. The van der Waals surface area contributed by atoms with E-state index in [2.05, 4.69) is 10.6 Å². The number of carbonyl (C=O) groups is 3. The highest BCUT2D eigenvalue weighted by Gasteiger charge is 2.09. The van der Waals surface area contributed by atoms with E-state index in [9.17, 15) is 14.4 Å². The second-order valence-corrected chi connectivity index (χ2v) is 5.69. The first kappa shape index (κ1) is 19.2. The van der Waals surface area contributed by atoms with Crippen molar-refractivity contribution in [3.05, 3.63) is 71.8 Å². The molecule has 0 atom stereocenters. The maximum absolute atomic E-state index is 11.7. The molecule has 136 valence electrons. The van der Waals surface area contributed by atoms with E-state index in [0.717, 1.165) is 11.1 Å². The second-order valence-electron chi connectivity index (χ2n) is 5.69. The van der Waals surface area contributed by atoms with E-state index in [1.807, 2.05) is 60.7 Å². The molecule has 2 aromatic rings. The SMILES string of the molecule is O=C(CCc1ccccc1)NCC(=O)NCC(=O)OCc1ccccc1. The van der Waals surface area contributed by atoms with Crippen molar-refractivity contribution in [3.63, 3.8) is 0 Å². The van der Waals surface area contributed by atoms with Crippen molar-refractivity contribution in [2.45, 2.75) is 19.4 Å². The summed E-state index contributed by atoms with van der Waals surface area (Å²) in [5, 5.41) is 4.95. The van der Waals surface area contributed by atoms with Crippen LogP contribution in [0.4, 0.5) is 0 Å². The normalized spacial score (nSPS) is 10.0. The molecule has 0 fully saturated rings. The molecule has 0 bridgehead atoms. The first-order chi connectivity index (χ1) is 12.6. The maximum atomic E-state index is 11.7. The third-order valence-corrected chi connectivity index (χ3v) is 3.60. The van der Waals surface area contributed by atoms with E-state index in [1.165, 1.54) is 0 Å². The Morgan fingerprint density at radius 3 is 1.96 bits per heavy atom. The minimum Gasteiger partial charge on any atom is -0.460 e. The quantitative estimate of drug-likeness (QED) is 0.670. The minimum absolute atomic E-state index is 0.158. The predicted molar refractivity (Wildman–Crippen MR) is 97.0 cm³/mol. The van der Waals surface area contributed by atoms with Crippen LogP contribution in [0.2, 0.25) is 0 Å². The summed E-state index contributed by atoms with van der Waals surface area (Å²) >= 11 is 0. The smallest absolute Gasteiger partial charge is 0.325 e. The van der Waals surface area contributed by atoms with E-state index < -0.39 is 11.9 Å². The fourth-order valence-corrected chi connectivity index (χ4v) is 2.19. The van der Waals surface area contributed by atoms with Gasteiger partial charge in [0.05, 0.1) is 6.54 Å². The average molecular weight is 354 g/mol. The Balaban J connectivity index is 1.56. The number of amides is 2. The van der Waals surface area contributed by atoms with Gasteiger partial charge in [0, 0.05) is 6.42 Å². The highest BCUT2D eigenvalue weighted by atomic mass is 16.5. The van der Waals surface area contributed by atoms with Crippen LogP contribution in [-0.2, 0) is 32.1 Å². The van der Waals surface area contributed by atoms with Crippen molar-refractivity contribution in [3.8, 4) is 0 Å². The summed E-state index contributed by atoms with van der Waals surface area (Å²) in [4.78, 5) is 35.0. The number of aryl methyl sites for hydroxylation is 1. The summed E-state index contributed by atoms with van der Waals surface area (Å²) in [5.41, 5.74) is 1.94. The number of rotatable bonds is 9. The molecule has 0 aromatic heterocycles. The molecule has 6 nitrogen and oxygen atoms in total. The Morgan fingerprint density at radius 1 is 0.731 bits per heavy atom. The number of hydrogen-bond acceptors (Lipinski definition) is 4. The molecule has 0 saturated carbocycles. The average Bonchev–Trinajstić information content (AvgIpc) is 2.69. The third kappa shape index (κ3) is 7.61. The largest absolute Gasteiger partial charge is 0.460 e. The van der Waals surface area contributed by atoms with Crippen molar-refractivity contribution in [2.75, 3.05) is 13.1 Å². The predicted octanol–water partition coefficient (Wildman–Crippen LogP) is 1.59. The van der Waals surface area contributed by atoms with Crippen LogP contribution in [-0.4, -0.2) is 30.9 Å². The van der Waals surface area contributed by atoms with Crippen molar-refractivity contribution in [2.24, 2.45) is 0 Å². The Hall–Kier alpha value is -3.15. The summed E-state index contributed by atoms with van der Waals surface area (Å²) in [5.74, 6) is -1.18. The number of nitrogens with one attached hydrogen (secondary N) is 2. The molecular formula is C20H22N2O4. The van der Waals surface area contributed by atoms with Crippen LogP contribution >= 0.6 is 0 Å². The summed E-state index contributed by atoms with van der Waals surface area (Å²) in [6.07, 6.45) is 0.913. The molecule has 2 rings (SSSR count). The van der Waals surface area contributed by atoms with Gasteiger partial charge in [-0.05, 0) is 17.5 Å². The molecule has 26 heavy (non-hydrogen) atoms. The summed E-state index contributed by atoms with van der Waals surface area (Å²) in [7, 11) is 0. The summed E-state index contributed by atoms with van der Waals surface area (Å²) < 4.78 is 5.05. The van der Waals surface area contributed by atoms with Gasteiger partial charge in [-0.15, -0.1) is 0 Å². The van der Waals surface area contributed by atoms with E-state index in [1.54, 1.807) is 0 Å². The van der Waals surface area contributed by atoms with Gasteiger partial charge in [0.25, 0.3) is 0 Å². The molecular weight excluding hydrogens is 332 g/mol. The van der Waals surface area contributed by atoms with Gasteiger partial charge in [-0.1, -0.05) is 60.7 Å². The van der Waals surface area contributed by atoms with Crippen molar-refractivity contribution in [1.82, 2.24) is 10.6 Å². The maximum Gasteiger partial charge on any atom is 0.325 e. The lowest BCUT2D eigenvalue weighted by atomic mass is 10.1. The summed E-state index contributed by atoms with van der Waals surface area (Å²) in [6, 6.07) is 18.9. The number of benzene rings is 2. The topological polar surface area (TPSA) is 84.5 Å². The molecule has 6 heteroatoms. The van der Waals surface area contributed by atoms with E-state index in [-0.39, 0.29) is 25.6 Å². The number of hydrogen-bond donors (Lipinski definition) is 2. The molecule has 0 unspecified atom stereocenters. The van der Waals surface area contributed by atoms with Gasteiger partial charge in [-0.2, -0.15) is 0 Å². The molecule has 2 N–H and O–H groups in total. The third-order valence-electron chi connectivity index (χ3n) is 3.60. The fourth-order valence-electron chi connectivity index (χ4n) is 2.19. The number of carbonyl (C=O) groups excluding carboxylic acids is 3. The Bertz CT molecular complexity index is 656. The highest BCUT2D eigenvalue weighted by molar-refractivity contribution is 5.87. The second kappa shape index (κ2) is 10.7. The molecule has 0 aliphatic carbocycles. The van der Waals surface area contributed by atoms with Gasteiger partial charge >= 0.3 is 5.97 Å². The van der Waals surface area contributed by atoms with Crippen LogP contribution in [0.5, 0.6) is 0 Å². The molecule has 0 aliphatic heterocycles. The van der Waals surface area contributed by atoms with E-state index in [0.29, 0.717) is 12.8 Å². The molecule has 0 aliphatic rings. The molecule has 0 saturated heterocycles. The van der Waals surface area contributed by atoms with Gasteiger partial charge < -0.3 is 15.4 Å². The fraction of sp³-hybridized carbons (Fsp3) is 0.250. The lowest BCUT2D eigenvalue weighted by molar-refractivity contribution is -0.145. The van der Waals surface area contributed by atoms with Gasteiger partial charge in [0.1, 0.15) is 13.2 Å². The van der Waals surface area contributed by atoms with Gasteiger partial charge in [0.2, 0.25) is 11.8 Å². The monoisotopic (exact) mass is 354 g/mol. The zero-order valence-corrected chi connectivity index (χ0v) is 14.4. The lowest BCUT2D eigenvalue weighted by Crippen LogP contribution is -2.39. The van der Waals surface area contributed by atoms with Crippen LogP contribution in [0.1, 0.15) is 17.5 Å². The van der Waals surface area contributed by atoms with Gasteiger partial charge in [0.15, 0.2) is 0 Å². The van der Waals surface area contributed by atoms with E-state index >= 15 is 0 Å². The Labute approximate surface area is 152 Å². The molecule has 0 spiro atoms. The molecule has 0 radical (unpaired) electrons. The zero-order chi connectivity index (χ0) is 18.6. The van der Waals surface area contributed by atoms with Crippen LogP contribution in [0, 0.1) is 0 Å². The first-order valence-corrected chi connectivity index (χ1v) is 8.40. The van der Waals surface area contributed by atoms with Crippen LogP contribution in [0.3, 0.4) is 0 Å². The summed E-state index contributed by atoms with van der Waals surface area (Å²) in [6.45, 7) is -0.239. The minimum atomic E-state index is -0.530. The molecule has 0 heterocycles. The van der Waals surface area contributed by atoms with Crippen molar-refractivity contribution < 1.29 is 19.1 Å². The van der Waals surface area contributed by atoms with E-state index in [4.69, 9.17) is 4.74 Å².